The van der Waals surface area contributed by atoms with Gasteiger partial charge in [0.1, 0.15) is 12.3 Å². The van der Waals surface area contributed by atoms with Crippen LogP contribution in [0.3, 0.4) is 0 Å². The highest BCUT2D eigenvalue weighted by atomic mass is 19.4. The molecule has 0 aromatic heterocycles. The van der Waals surface area contributed by atoms with E-state index < -0.39 is 42.0 Å². The van der Waals surface area contributed by atoms with Crippen molar-refractivity contribution in [2.24, 2.45) is 5.92 Å². The van der Waals surface area contributed by atoms with Crippen LogP contribution in [0, 0.1) is 17.6 Å². The fourth-order valence-corrected chi connectivity index (χ4v) is 5.23. The van der Waals surface area contributed by atoms with Crippen LogP contribution in [-0.2, 0) is 12.8 Å². The number of benzene rings is 2. The Labute approximate surface area is 193 Å². The second kappa shape index (κ2) is 9.62. The molecular formula is C26H25F7O. The van der Waals surface area contributed by atoms with Gasteiger partial charge in [-0.1, -0.05) is 50.1 Å². The zero-order valence-corrected chi connectivity index (χ0v) is 18.6. The lowest BCUT2D eigenvalue weighted by atomic mass is 9.74. The molecule has 1 saturated carbocycles. The zero-order chi connectivity index (χ0) is 24.6. The molecule has 2 aromatic rings. The maximum atomic E-state index is 14.8. The molecule has 4 rings (SSSR count). The van der Waals surface area contributed by atoms with Gasteiger partial charge in [-0.15, -0.1) is 13.2 Å². The molecule has 1 nitrogen and oxygen atoms in total. The minimum atomic E-state index is -5.21. The second-order valence-electron chi connectivity index (χ2n) is 9.10. The Kier molecular flexibility index (Phi) is 6.97. The first-order chi connectivity index (χ1) is 16.1. The van der Waals surface area contributed by atoms with Gasteiger partial charge in [0.05, 0.1) is 0 Å². The summed E-state index contributed by atoms with van der Waals surface area (Å²) >= 11 is 0. The molecule has 34 heavy (non-hydrogen) atoms. The van der Waals surface area contributed by atoms with E-state index >= 15 is 0 Å². The average molecular weight is 486 g/mol. The Morgan fingerprint density at radius 3 is 2.24 bits per heavy atom. The standard InChI is InChI=1S/C26H25F7O/c1-2-3-14-10-20(27)23(21(28)11-14)16-6-4-15(5-7-16)17-8-9-19-18(12-17)13-22(29)25(24(19)30)34-26(31,32)33/h4-8,13-14,20-21,23H,2-3,9-12H2,1H3. The minimum Gasteiger partial charge on any atom is -0.399 e. The smallest absolute Gasteiger partial charge is 0.399 e. The van der Waals surface area contributed by atoms with Crippen LogP contribution in [0.5, 0.6) is 5.75 Å². The van der Waals surface area contributed by atoms with Crippen molar-refractivity contribution in [1.82, 2.24) is 0 Å². The van der Waals surface area contributed by atoms with Crippen LogP contribution in [0.4, 0.5) is 30.7 Å². The Bertz CT molecular complexity index is 1050. The van der Waals surface area contributed by atoms with Crippen LogP contribution in [0.15, 0.2) is 36.4 Å². The van der Waals surface area contributed by atoms with Gasteiger partial charge in [0.15, 0.2) is 11.6 Å². The van der Waals surface area contributed by atoms with E-state index in [9.17, 15) is 30.7 Å². The molecule has 2 unspecified atom stereocenters. The predicted octanol–water partition coefficient (Wildman–Crippen LogP) is 8.02. The summed E-state index contributed by atoms with van der Waals surface area (Å²) in [5, 5.41) is 0. The summed E-state index contributed by atoms with van der Waals surface area (Å²) in [6, 6.07) is 7.65. The molecule has 0 N–H and O–H groups in total. The van der Waals surface area contributed by atoms with E-state index in [1.807, 2.05) is 6.92 Å². The fraction of sp³-hybridized carbons (Fsp3) is 0.462. The van der Waals surface area contributed by atoms with Gasteiger partial charge < -0.3 is 4.74 Å². The first-order valence-electron chi connectivity index (χ1n) is 11.4. The predicted molar refractivity (Wildman–Crippen MR) is 115 cm³/mol. The SMILES string of the molecule is CCCC1CC(F)C(c2ccc(C3=CCc4c(cc(F)c(OC(F)(F)F)c4F)C3)cc2)C(F)C1. The Balaban J connectivity index is 1.51. The Hall–Kier alpha value is -2.51. The van der Waals surface area contributed by atoms with Gasteiger partial charge in [-0.05, 0) is 65.5 Å². The molecule has 2 aliphatic rings. The lowest BCUT2D eigenvalue weighted by Gasteiger charge is -2.35. The molecule has 0 spiro atoms. The fourth-order valence-electron chi connectivity index (χ4n) is 5.23. The molecule has 0 bridgehead atoms. The summed E-state index contributed by atoms with van der Waals surface area (Å²) in [6.45, 7) is 2.00. The van der Waals surface area contributed by atoms with Gasteiger partial charge in [-0.2, -0.15) is 0 Å². The quantitative estimate of drug-likeness (QED) is 0.389. The minimum absolute atomic E-state index is 0.0344. The van der Waals surface area contributed by atoms with Crippen molar-refractivity contribution in [1.29, 1.82) is 0 Å². The number of ether oxygens (including phenoxy) is 1. The van der Waals surface area contributed by atoms with Gasteiger partial charge in [-0.25, -0.2) is 17.6 Å². The third-order valence-electron chi connectivity index (χ3n) is 6.78. The third kappa shape index (κ3) is 5.10. The summed E-state index contributed by atoms with van der Waals surface area (Å²) in [5.41, 5.74) is 2.19. The van der Waals surface area contributed by atoms with Gasteiger partial charge in [0.25, 0.3) is 0 Å². The summed E-state index contributed by atoms with van der Waals surface area (Å²) in [6.07, 6.45) is -3.60. The van der Waals surface area contributed by atoms with Crippen molar-refractivity contribution >= 4 is 5.57 Å². The molecule has 8 heteroatoms. The summed E-state index contributed by atoms with van der Waals surface area (Å²) in [4.78, 5) is 0. The van der Waals surface area contributed by atoms with Crippen LogP contribution in [0.2, 0.25) is 0 Å². The number of hydrogen-bond donors (Lipinski definition) is 0. The third-order valence-corrected chi connectivity index (χ3v) is 6.78. The number of fused-ring (bicyclic) bond motifs is 1. The number of alkyl halides is 5. The van der Waals surface area contributed by atoms with Crippen molar-refractivity contribution in [2.75, 3.05) is 0 Å². The summed E-state index contributed by atoms with van der Waals surface area (Å²) in [5.74, 6) is -5.01. The monoisotopic (exact) mass is 486 g/mol. The van der Waals surface area contributed by atoms with Crippen molar-refractivity contribution < 1.29 is 35.5 Å². The van der Waals surface area contributed by atoms with Gasteiger partial charge in [-0.3, -0.25) is 0 Å². The summed E-state index contributed by atoms with van der Waals surface area (Å²) in [7, 11) is 0. The van der Waals surface area contributed by atoms with Crippen LogP contribution in [0.25, 0.3) is 5.57 Å². The van der Waals surface area contributed by atoms with E-state index in [2.05, 4.69) is 4.74 Å². The van der Waals surface area contributed by atoms with E-state index in [1.165, 1.54) is 0 Å². The van der Waals surface area contributed by atoms with E-state index in [0.29, 0.717) is 18.4 Å². The topological polar surface area (TPSA) is 9.23 Å². The first kappa shape index (κ1) is 24.6. The second-order valence-corrected chi connectivity index (χ2v) is 9.10. The molecule has 184 valence electrons. The van der Waals surface area contributed by atoms with E-state index in [-0.39, 0.29) is 29.9 Å². The molecule has 0 amide bonds. The number of allylic oxidation sites excluding steroid dienone is 2. The number of rotatable bonds is 5. The molecule has 1 fully saturated rings. The van der Waals surface area contributed by atoms with Crippen molar-refractivity contribution in [3.8, 4) is 5.75 Å². The van der Waals surface area contributed by atoms with Gasteiger partial charge in [0.2, 0.25) is 5.75 Å². The Morgan fingerprint density at radius 1 is 1.00 bits per heavy atom. The van der Waals surface area contributed by atoms with Crippen molar-refractivity contribution in [2.45, 2.75) is 70.1 Å². The lowest BCUT2D eigenvalue weighted by Crippen LogP contribution is -2.33. The van der Waals surface area contributed by atoms with E-state index in [1.54, 1.807) is 30.3 Å². The number of hydrogen-bond acceptors (Lipinski definition) is 1. The van der Waals surface area contributed by atoms with Crippen LogP contribution in [-0.4, -0.2) is 18.7 Å². The molecule has 2 aliphatic carbocycles. The highest BCUT2D eigenvalue weighted by Gasteiger charge is 2.39. The van der Waals surface area contributed by atoms with Crippen LogP contribution in [0.1, 0.15) is 60.8 Å². The number of halogens is 7. The van der Waals surface area contributed by atoms with Crippen molar-refractivity contribution in [3.63, 3.8) is 0 Å². The molecule has 0 saturated heterocycles. The lowest BCUT2D eigenvalue weighted by molar-refractivity contribution is -0.276. The molecule has 0 radical (unpaired) electrons. The molecule has 0 aliphatic heterocycles. The molecule has 0 heterocycles. The molecule has 2 atom stereocenters. The maximum Gasteiger partial charge on any atom is 0.573 e. The average Bonchev–Trinajstić information content (AvgIpc) is 2.76. The highest BCUT2D eigenvalue weighted by Crippen LogP contribution is 2.42. The van der Waals surface area contributed by atoms with Gasteiger partial charge in [0, 0.05) is 5.92 Å². The van der Waals surface area contributed by atoms with Crippen molar-refractivity contribution in [3.05, 3.63) is 70.3 Å². The zero-order valence-electron chi connectivity index (χ0n) is 18.6. The first-order valence-corrected chi connectivity index (χ1v) is 11.4. The van der Waals surface area contributed by atoms with Crippen LogP contribution < -0.4 is 4.74 Å². The normalized spacial score (nSPS) is 25.0. The molecular weight excluding hydrogens is 461 g/mol. The maximum absolute atomic E-state index is 14.8. The summed E-state index contributed by atoms with van der Waals surface area (Å²) < 4.78 is 99.2. The largest absolute Gasteiger partial charge is 0.573 e. The molecule has 2 aromatic carbocycles. The van der Waals surface area contributed by atoms with E-state index in [0.717, 1.165) is 30.0 Å². The Morgan fingerprint density at radius 2 is 1.65 bits per heavy atom. The van der Waals surface area contributed by atoms with Gasteiger partial charge >= 0.3 is 6.36 Å². The van der Waals surface area contributed by atoms with E-state index in [4.69, 9.17) is 0 Å². The highest BCUT2D eigenvalue weighted by molar-refractivity contribution is 5.71. The van der Waals surface area contributed by atoms with Crippen LogP contribution >= 0.6 is 0 Å².